The lowest BCUT2D eigenvalue weighted by Crippen LogP contribution is -2.57. The van der Waals surface area contributed by atoms with Gasteiger partial charge in [-0.05, 0) is 69.1 Å². The molecule has 0 aromatic heterocycles. The first-order valence-corrected chi connectivity index (χ1v) is 13.8. The van der Waals surface area contributed by atoms with Crippen LogP contribution in [0.4, 0.5) is 4.79 Å². The van der Waals surface area contributed by atoms with E-state index in [0.717, 1.165) is 16.7 Å². The maximum Gasteiger partial charge on any atom is 0.410 e. The summed E-state index contributed by atoms with van der Waals surface area (Å²) in [5.41, 5.74) is 7.99. The number of ether oxygens (including phenoxy) is 2. The molecule has 0 saturated carbocycles. The van der Waals surface area contributed by atoms with Crippen LogP contribution in [0.25, 0.3) is 6.08 Å². The summed E-state index contributed by atoms with van der Waals surface area (Å²) in [7, 11) is 0. The summed E-state index contributed by atoms with van der Waals surface area (Å²) in [6, 6.07) is 25.4. The van der Waals surface area contributed by atoms with Crippen LogP contribution in [0, 0.1) is 0 Å². The Morgan fingerprint density at radius 1 is 0.925 bits per heavy atom. The van der Waals surface area contributed by atoms with Gasteiger partial charge in [0.25, 0.3) is 0 Å². The molecule has 1 atom stereocenters. The minimum absolute atomic E-state index is 0.0611. The van der Waals surface area contributed by atoms with Gasteiger partial charge in [-0.15, -0.1) is 0 Å². The van der Waals surface area contributed by atoms with E-state index in [1.54, 1.807) is 11.0 Å². The normalized spacial score (nSPS) is 15.7. The van der Waals surface area contributed by atoms with Gasteiger partial charge < -0.3 is 25.0 Å². The zero-order chi connectivity index (χ0) is 28.5. The van der Waals surface area contributed by atoms with Crippen LogP contribution in [0.2, 0.25) is 0 Å². The van der Waals surface area contributed by atoms with E-state index in [-0.39, 0.29) is 18.0 Å². The number of hydrogen-bond acceptors (Lipinski definition) is 5. The maximum absolute atomic E-state index is 13.6. The highest BCUT2D eigenvalue weighted by Gasteiger charge is 2.34. The number of nitrogens with two attached hydrogens (primary N) is 1. The Morgan fingerprint density at radius 2 is 1.60 bits per heavy atom. The van der Waals surface area contributed by atoms with Crippen LogP contribution in [-0.4, -0.2) is 53.1 Å². The molecule has 0 bridgehead atoms. The summed E-state index contributed by atoms with van der Waals surface area (Å²) < 4.78 is 11.9. The minimum Gasteiger partial charge on any atom is -0.456 e. The highest BCUT2D eigenvalue weighted by atomic mass is 16.6. The molecule has 4 rings (SSSR count). The molecule has 1 saturated heterocycles. The van der Waals surface area contributed by atoms with Crippen molar-refractivity contribution < 1.29 is 19.1 Å². The Hall–Kier alpha value is -4.26. The molecule has 0 unspecified atom stereocenters. The molecule has 2 N–H and O–H groups in total. The Morgan fingerprint density at radius 3 is 2.33 bits per heavy atom. The molecule has 210 valence electrons. The van der Waals surface area contributed by atoms with Crippen LogP contribution in [0.5, 0.6) is 11.5 Å². The van der Waals surface area contributed by atoms with Crippen molar-refractivity contribution in [3.63, 3.8) is 0 Å². The lowest BCUT2D eigenvalue weighted by molar-refractivity contribution is -0.136. The number of rotatable bonds is 8. The van der Waals surface area contributed by atoms with Gasteiger partial charge in [-0.3, -0.25) is 4.79 Å². The van der Waals surface area contributed by atoms with Crippen molar-refractivity contribution in [1.82, 2.24) is 9.80 Å². The van der Waals surface area contributed by atoms with Gasteiger partial charge in [0, 0.05) is 31.6 Å². The average molecular weight is 542 g/mol. The monoisotopic (exact) mass is 541 g/mol. The number of carbonyl (C=O) groups is 2. The maximum atomic E-state index is 13.6. The second kappa shape index (κ2) is 13.2. The quantitative estimate of drug-likeness (QED) is 0.376. The zero-order valence-electron chi connectivity index (χ0n) is 23.6. The molecular weight excluding hydrogens is 502 g/mol. The van der Waals surface area contributed by atoms with Crippen LogP contribution < -0.4 is 10.5 Å². The molecule has 1 fully saturated rings. The molecule has 1 heterocycles. The van der Waals surface area contributed by atoms with Gasteiger partial charge in [-0.25, -0.2) is 4.79 Å². The van der Waals surface area contributed by atoms with Gasteiger partial charge in [0.05, 0.1) is 6.04 Å². The third-order valence-corrected chi connectivity index (χ3v) is 6.76. The second-order valence-corrected chi connectivity index (χ2v) is 11.0. The van der Waals surface area contributed by atoms with Gasteiger partial charge in [0.1, 0.15) is 17.1 Å². The molecular formula is C33H39N3O4. The predicted octanol–water partition coefficient (Wildman–Crippen LogP) is 6.03. The van der Waals surface area contributed by atoms with Crippen molar-refractivity contribution in [1.29, 1.82) is 0 Å². The van der Waals surface area contributed by atoms with E-state index in [1.807, 2.05) is 92.4 Å². The molecule has 0 spiro atoms. The molecule has 3 aromatic carbocycles. The zero-order valence-corrected chi connectivity index (χ0v) is 23.6. The van der Waals surface area contributed by atoms with E-state index >= 15 is 0 Å². The fraction of sp³-hybridized carbons (Fsp3) is 0.333. The Kier molecular flexibility index (Phi) is 9.48. The molecule has 2 amide bonds. The first kappa shape index (κ1) is 28.7. The number of carbonyl (C=O) groups excluding carboxylic acids is 2. The van der Waals surface area contributed by atoms with Crippen LogP contribution >= 0.6 is 0 Å². The van der Waals surface area contributed by atoms with Gasteiger partial charge in [-0.2, -0.15) is 0 Å². The predicted molar refractivity (Wildman–Crippen MR) is 158 cm³/mol. The van der Waals surface area contributed by atoms with E-state index in [4.69, 9.17) is 15.2 Å². The van der Waals surface area contributed by atoms with Crippen LogP contribution in [0.1, 0.15) is 43.9 Å². The van der Waals surface area contributed by atoms with E-state index < -0.39 is 5.60 Å². The standard InChI is InChI=1S/C33H39N3O4/c1-33(2,3)40-32(38)35-21-22-36(28(24-35)23-25-11-5-4-6-12-25)31(37)18-17-26-13-7-9-15-29(26)39-30-16-10-8-14-27(30)19-20-34/h4-16,19-20,28H,17-18,21-24,34H2,1-3H3/b20-19+/t28-/m1/s1. The number of para-hydroxylation sites is 2. The van der Waals surface area contributed by atoms with Crippen molar-refractivity contribution in [3.8, 4) is 11.5 Å². The molecule has 3 aromatic rings. The van der Waals surface area contributed by atoms with E-state index in [1.165, 1.54) is 6.20 Å². The van der Waals surface area contributed by atoms with E-state index in [9.17, 15) is 9.59 Å². The van der Waals surface area contributed by atoms with E-state index in [2.05, 4.69) is 12.1 Å². The van der Waals surface area contributed by atoms with Crippen molar-refractivity contribution >= 4 is 18.1 Å². The molecule has 7 heteroatoms. The summed E-state index contributed by atoms with van der Waals surface area (Å²) in [5, 5.41) is 0. The van der Waals surface area contributed by atoms with Crippen LogP contribution in [0.15, 0.2) is 85.1 Å². The molecule has 40 heavy (non-hydrogen) atoms. The van der Waals surface area contributed by atoms with E-state index in [0.29, 0.717) is 50.4 Å². The molecule has 1 aliphatic rings. The fourth-order valence-corrected chi connectivity index (χ4v) is 4.87. The topological polar surface area (TPSA) is 85.1 Å². The van der Waals surface area contributed by atoms with Crippen molar-refractivity contribution in [2.24, 2.45) is 5.73 Å². The lowest BCUT2D eigenvalue weighted by Gasteiger charge is -2.42. The minimum atomic E-state index is -0.574. The van der Waals surface area contributed by atoms with Gasteiger partial charge in [-0.1, -0.05) is 66.7 Å². The van der Waals surface area contributed by atoms with Crippen LogP contribution in [0.3, 0.4) is 0 Å². The fourth-order valence-electron chi connectivity index (χ4n) is 4.87. The van der Waals surface area contributed by atoms with Crippen LogP contribution in [-0.2, 0) is 22.4 Å². The number of nitrogens with zero attached hydrogens (tertiary/aromatic N) is 2. The first-order chi connectivity index (χ1) is 19.2. The van der Waals surface area contributed by atoms with Gasteiger partial charge in [0.2, 0.25) is 5.91 Å². The Bertz CT molecular complexity index is 1320. The summed E-state index contributed by atoms with van der Waals surface area (Å²) in [6.07, 6.45) is 4.48. The summed E-state index contributed by atoms with van der Waals surface area (Å²) in [4.78, 5) is 30.1. The highest BCUT2D eigenvalue weighted by molar-refractivity contribution is 5.78. The SMILES string of the molecule is CC(C)(C)OC(=O)N1CCN(C(=O)CCc2ccccc2Oc2ccccc2/C=C/N)[C@H](Cc2ccccc2)C1. The Labute approximate surface area is 237 Å². The number of hydrogen-bond donors (Lipinski definition) is 1. The highest BCUT2D eigenvalue weighted by Crippen LogP contribution is 2.30. The number of amides is 2. The molecule has 0 radical (unpaired) electrons. The lowest BCUT2D eigenvalue weighted by atomic mass is 10.0. The smallest absolute Gasteiger partial charge is 0.410 e. The summed E-state index contributed by atoms with van der Waals surface area (Å²) in [6.45, 7) is 6.92. The largest absolute Gasteiger partial charge is 0.456 e. The summed E-state index contributed by atoms with van der Waals surface area (Å²) in [5.74, 6) is 1.47. The molecule has 1 aliphatic heterocycles. The Balaban J connectivity index is 1.47. The van der Waals surface area contributed by atoms with Crippen molar-refractivity contribution in [2.75, 3.05) is 19.6 Å². The third-order valence-electron chi connectivity index (χ3n) is 6.76. The number of piperazine rings is 1. The number of benzene rings is 3. The third kappa shape index (κ3) is 7.88. The molecule has 7 nitrogen and oxygen atoms in total. The second-order valence-electron chi connectivity index (χ2n) is 11.0. The molecule has 0 aliphatic carbocycles. The van der Waals surface area contributed by atoms with Crippen molar-refractivity contribution in [2.45, 2.75) is 51.7 Å². The average Bonchev–Trinajstić information content (AvgIpc) is 2.93. The van der Waals surface area contributed by atoms with Gasteiger partial charge in [0.15, 0.2) is 0 Å². The summed E-state index contributed by atoms with van der Waals surface area (Å²) >= 11 is 0. The number of aryl methyl sites for hydroxylation is 1. The van der Waals surface area contributed by atoms with Gasteiger partial charge >= 0.3 is 6.09 Å². The van der Waals surface area contributed by atoms with Crippen molar-refractivity contribution in [3.05, 3.63) is 102 Å². The first-order valence-electron chi connectivity index (χ1n) is 13.8.